The van der Waals surface area contributed by atoms with Crippen LogP contribution in [-0.4, -0.2) is 59.3 Å². The Morgan fingerprint density at radius 2 is 2.04 bits per heavy atom. The highest BCUT2D eigenvalue weighted by Crippen LogP contribution is 2.51. The summed E-state index contributed by atoms with van der Waals surface area (Å²) in [5.41, 5.74) is 6.13. The standard InChI is InChI=1S/C34H32ClF2N7O2S/c1-17-11-34(8-2-9-43(34)14-17)16-46-33-41-28-25-29(45-10-7-19-4-3-18(12-38)15-44(19)32(25)42-33)26(35)24(27(28)37)20-5-6-22(36)30-23(20)21(13-39)31(40)47-30/h5-6,17-19H,2-4,7-11,14-16,40H2,1H3/t17-,18?,19?,34+/m1/s1. The predicted octanol–water partition coefficient (Wildman–Crippen LogP) is 7.04. The Labute approximate surface area is 279 Å². The highest BCUT2D eigenvalue weighted by molar-refractivity contribution is 7.23. The monoisotopic (exact) mass is 675 g/mol. The quantitative estimate of drug-likeness (QED) is 0.242. The molecule has 8 rings (SSSR count). The lowest BCUT2D eigenvalue weighted by molar-refractivity contribution is 0.107. The predicted molar refractivity (Wildman–Crippen MR) is 177 cm³/mol. The van der Waals surface area contributed by atoms with Crippen molar-refractivity contribution in [2.24, 2.45) is 11.8 Å². The summed E-state index contributed by atoms with van der Waals surface area (Å²) in [6.45, 7) is 5.36. The number of halogens is 3. The van der Waals surface area contributed by atoms with Crippen LogP contribution in [0.4, 0.5) is 19.6 Å². The molecule has 4 aliphatic heterocycles. The summed E-state index contributed by atoms with van der Waals surface area (Å²) < 4.78 is 45.1. The molecule has 0 saturated carbocycles. The number of thiophene rings is 1. The lowest BCUT2D eigenvalue weighted by atomic mass is 9.91. The second-order valence-corrected chi connectivity index (χ2v) is 14.8. The van der Waals surface area contributed by atoms with Gasteiger partial charge in [0.2, 0.25) is 0 Å². The van der Waals surface area contributed by atoms with Crippen LogP contribution in [-0.2, 0) is 0 Å². The zero-order valence-corrected chi connectivity index (χ0v) is 27.4. The van der Waals surface area contributed by atoms with Crippen LogP contribution in [0.3, 0.4) is 0 Å². The SMILES string of the molecule is C[C@H]1CN2CCC[C@@]2(COc2nc3c4c(c(Cl)c(-c5ccc(F)c6sc(N)c(C#N)c56)c(F)c4n2)OCCC2CCC(C#N)CN32)C1. The lowest BCUT2D eigenvalue weighted by Gasteiger charge is -2.40. The summed E-state index contributed by atoms with van der Waals surface area (Å²) in [6.07, 6.45) is 5.24. The number of nitrogens with zero attached hydrogens (tertiary/aromatic N) is 6. The Bertz CT molecular complexity index is 2040. The first-order chi connectivity index (χ1) is 22.7. The van der Waals surface area contributed by atoms with Gasteiger partial charge in [-0.2, -0.15) is 20.5 Å². The maximum atomic E-state index is 17.2. The number of nitrogen functional groups attached to an aromatic ring is 1. The molecule has 0 amide bonds. The van der Waals surface area contributed by atoms with Crippen molar-refractivity contribution in [1.82, 2.24) is 14.9 Å². The van der Waals surface area contributed by atoms with E-state index in [-0.39, 0.29) is 71.6 Å². The fraction of sp³-hybridized carbons (Fsp3) is 0.471. The van der Waals surface area contributed by atoms with Crippen LogP contribution in [0.15, 0.2) is 12.1 Å². The molecule has 4 aromatic rings. The number of piperidine rings is 1. The van der Waals surface area contributed by atoms with E-state index in [4.69, 9.17) is 31.8 Å². The van der Waals surface area contributed by atoms with Crippen molar-refractivity contribution in [3.05, 3.63) is 34.4 Å². The van der Waals surface area contributed by atoms with E-state index < -0.39 is 11.6 Å². The highest BCUT2D eigenvalue weighted by Gasteiger charge is 2.48. The average Bonchev–Trinajstić information content (AvgIpc) is 3.70. The van der Waals surface area contributed by atoms with Crippen molar-refractivity contribution >= 4 is 54.7 Å². The van der Waals surface area contributed by atoms with Crippen LogP contribution in [0.25, 0.3) is 32.1 Å². The van der Waals surface area contributed by atoms with Crippen LogP contribution < -0.4 is 20.1 Å². The van der Waals surface area contributed by atoms with Gasteiger partial charge in [0.25, 0.3) is 0 Å². The van der Waals surface area contributed by atoms with Gasteiger partial charge >= 0.3 is 6.01 Å². The van der Waals surface area contributed by atoms with Crippen LogP contribution in [0.5, 0.6) is 11.8 Å². The summed E-state index contributed by atoms with van der Waals surface area (Å²) in [7, 11) is 0. The van der Waals surface area contributed by atoms with Gasteiger partial charge in [0.1, 0.15) is 34.8 Å². The fourth-order valence-electron chi connectivity index (χ4n) is 8.40. The number of anilines is 2. The molecule has 9 nitrogen and oxygen atoms in total. The Hall–Kier alpha value is -3.97. The lowest BCUT2D eigenvalue weighted by Crippen LogP contribution is -2.45. The van der Waals surface area contributed by atoms with E-state index in [1.54, 1.807) is 0 Å². The zero-order chi connectivity index (χ0) is 32.6. The number of benzene rings is 2. The molecule has 2 aromatic heterocycles. The molecular weight excluding hydrogens is 644 g/mol. The van der Waals surface area contributed by atoms with Gasteiger partial charge in [-0.05, 0) is 56.2 Å². The van der Waals surface area contributed by atoms with Gasteiger partial charge in [-0.1, -0.05) is 24.6 Å². The number of nitrogens with two attached hydrogens (primary N) is 1. The normalized spacial score (nSPS) is 25.5. The Morgan fingerprint density at radius 1 is 1.19 bits per heavy atom. The molecule has 3 fully saturated rings. The molecule has 0 aliphatic carbocycles. The summed E-state index contributed by atoms with van der Waals surface area (Å²) in [6, 6.07) is 7.13. The van der Waals surface area contributed by atoms with Gasteiger partial charge in [0.05, 0.1) is 44.8 Å². The van der Waals surface area contributed by atoms with Gasteiger partial charge < -0.3 is 20.1 Å². The van der Waals surface area contributed by atoms with Crippen molar-refractivity contribution < 1.29 is 18.3 Å². The number of fused-ring (bicyclic) bond motifs is 4. The maximum absolute atomic E-state index is 17.2. The summed E-state index contributed by atoms with van der Waals surface area (Å²) in [4.78, 5) is 14.1. The number of ether oxygens (including phenoxy) is 2. The van der Waals surface area contributed by atoms with Gasteiger partial charge in [-0.3, -0.25) is 4.90 Å². The van der Waals surface area contributed by atoms with Crippen LogP contribution in [0, 0.1) is 46.1 Å². The van der Waals surface area contributed by atoms with Crippen molar-refractivity contribution in [3.63, 3.8) is 0 Å². The molecule has 0 bridgehead atoms. The van der Waals surface area contributed by atoms with E-state index in [9.17, 15) is 14.9 Å². The van der Waals surface area contributed by atoms with Crippen LogP contribution >= 0.6 is 22.9 Å². The summed E-state index contributed by atoms with van der Waals surface area (Å²) in [5, 5.41) is 20.4. The van der Waals surface area contributed by atoms with E-state index in [0.29, 0.717) is 43.3 Å². The number of nitriles is 2. The smallest absolute Gasteiger partial charge is 0.319 e. The van der Waals surface area contributed by atoms with Gasteiger partial charge in [-0.25, -0.2) is 8.78 Å². The van der Waals surface area contributed by atoms with Crippen LogP contribution in [0.1, 0.15) is 51.0 Å². The average molecular weight is 676 g/mol. The van der Waals surface area contributed by atoms with Gasteiger partial charge in [0.15, 0.2) is 11.6 Å². The number of aromatic nitrogens is 2. The van der Waals surface area contributed by atoms with Crippen molar-refractivity contribution in [2.45, 2.75) is 57.0 Å². The Kier molecular flexibility index (Phi) is 7.32. The van der Waals surface area contributed by atoms with Crippen molar-refractivity contribution in [3.8, 4) is 35.0 Å². The molecule has 0 radical (unpaired) electrons. The third-order valence-corrected chi connectivity index (χ3v) is 11.9. The maximum Gasteiger partial charge on any atom is 0.319 e. The largest absolute Gasteiger partial charge is 0.491 e. The summed E-state index contributed by atoms with van der Waals surface area (Å²) >= 11 is 7.99. The minimum atomic E-state index is -0.770. The van der Waals surface area contributed by atoms with E-state index in [2.05, 4.69) is 33.8 Å². The molecular formula is C34H32ClF2N7O2S. The molecule has 13 heteroatoms. The van der Waals surface area contributed by atoms with E-state index in [1.165, 1.54) is 12.1 Å². The van der Waals surface area contributed by atoms with Gasteiger partial charge in [0, 0.05) is 36.5 Å². The first-order valence-electron chi connectivity index (χ1n) is 16.0. The third kappa shape index (κ3) is 4.67. The second-order valence-electron chi connectivity index (χ2n) is 13.4. The van der Waals surface area contributed by atoms with Crippen molar-refractivity contribution in [2.75, 3.05) is 43.5 Å². The second kappa shape index (κ2) is 11.3. The molecule has 4 aliphatic rings. The molecule has 2 N–H and O–H groups in total. The highest BCUT2D eigenvalue weighted by atomic mass is 35.5. The van der Waals surface area contributed by atoms with E-state index in [0.717, 1.165) is 56.5 Å². The summed E-state index contributed by atoms with van der Waals surface area (Å²) in [5.74, 6) is -0.416. The first kappa shape index (κ1) is 30.4. The van der Waals surface area contributed by atoms with E-state index in [1.807, 2.05) is 0 Å². The molecule has 0 spiro atoms. The molecule has 4 atom stereocenters. The van der Waals surface area contributed by atoms with E-state index >= 15 is 4.39 Å². The molecule has 2 unspecified atom stereocenters. The molecule has 6 heterocycles. The third-order valence-electron chi connectivity index (χ3n) is 10.5. The van der Waals surface area contributed by atoms with Gasteiger partial charge in [-0.15, -0.1) is 11.3 Å². The zero-order valence-electron chi connectivity index (χ0n) is 25.8. The molecule has 3 saturated heterocycles. The minimum Gasteiger partial charge on any atom is -0.491 e. The molecule has 242 valence electrons. The molecule has 47 heavy (non-hydrogen) atoms. The Balaban J connectivity index is 1.36. The number of rotatable bonds is 4. The number of hydrogen-bond acceptors (Lipinski definition) is 10. The minimum absolute atomic E-state index is 0.0171. The Morgan fingerprint density at radius 3 is 2.85 bits per heavy atom. The fourth-order valence-corrected chi connectivity index (χ4v) is 9.68. The van der Waals surface area contributed by atoms with Crippen molar-refractivity contribution in [1.29, 1.82) is 10.5 Å². The topological polar surface area (TPSA) is 124 Å². The molecule has 2 aromatic carbocycles. The van der Waals surface area contributed by atoms with Crippen LogP contribution in [0.2, 0.25) is 5.02 Å². The first-order valence-corrected chi connectivity index (χ1v) is 17.2. The number of hydrogen-bond donors (Lipinski definition) is 1.